The number of hydrogen-bond acceptors (Lipinski definition) is 3. The fraction of sp³-hybridized carbons (Fsp3) is 0.455. The molecule has 1 saturated heterocycles. The van der Waals surface area contributed by atoms with Gasteiger partial charge in [0, 0.05) is 17.4 Å². The van der Waals surface area contributed by atoms with Gasteiger partial charge in [0.05, 0.1) is 5.37 Å². The predicted octanol–water partition coefficient (Wildman–Crippen LogP) is 3.01. The summed E-state index contributed by atoms with van der Waals surface area (Å²) >= 11 is 1.72. The monoisotopic (exact) mass is 245 g/mol. The van der Waals surface area contributed by atoms with Crippen molar-refractivity contribution in [2.24, 2.45) is 0 Å². The lowest BCUT2D eigenvalue weighted by Gasteiger charge is -2.15. The number of rotatable bonds is 3. The second-order valence-corrected chi connectivity index (χ2v) is 5.20. The molecule has 0 aliphatic carbocycles. The van der Waals surface area contributed by atoms with E-state index >= 15 is 0 Å². The van der Waals surface area contributed by atoms with E-state index in [4.69, 9.17) is 0 Å². The first kappa shape index (κ1) is 11.7. The van der Waals surface area contributed by atoms with Gasteiger partial charge in [-0.2, -0.15) is 8.78 Å². The van der Waals surface area contributed by atoms with Gasteiger partial charge < -0.3 is 10.1 Å². The lowest BCUT2D eigenvalue weighted by Crippen LogP contribution is -2.15. The molecule has 2 rings (SSSR count). The molecular weight excluding hydrogens is 232 g/mol. The van der Waals surface area contributed by atoms with Gasteiger partial charge in [0.2, 0.25) is 0 Å². The number of alkyl halides is 2. The van der Waals surface area contributed by atoms with Crippen molar-refractivity contribution in [3.8, 4) is 5.75 Å². The Morgan fingerprint density at radius 3 is 2.81 bits per heavy atom. The van der Waals surface area contributed by atoms with Crippen LogP contribution in [0.4, 0.5) is 8.78 Å². The van der Waals surface area contributed by atoms with Gasteiger partial charge in [-0.3, -0.25) is 0 Å². The summed E-state index contributed by atoms with van der Waals surface area (Å²) in [5.41, 5.74) is 0.789. The summed E-state index contributed by atoms with van der Waals surface area (Å²) in [6.45, 7) is 0.219. The first-order chi connectivity index (χ1) is 7.66. The SMILES string of the molecule is CC1CNC(c2ccccc2OC(F)F)S1. The van der Waals surface area contributed by atoms with Crippen LogP contribution in [0, 0.1) is 0 Å². The van der Waals surface area contributed by atoms with Crippen LogP contribution in [0.5, 0.6) is 5.75 Å². The molecule has 0 saturated carbocycles. The van der Waals surface area contributed by atoms with Crippen LogP contribution in [0.25, 0.3) is 0 Å². The Morgan fingerprint density at radius 2 is 2.19 bits per heavy atom. The van der Waals surface area contributed by atoms with E-state index < -0.39 is 6.61 Å². The molecule has 0 spiro atoms. The van der Waals surface area contributed by atoms with E-state index in [-0.39, 0.29) is 11.1 Å². The molecule has 5 heteroatoms. The fourth-order valence-corrected chi connectivity index (χ4v) is 2.88. The normalized spacial score (nSPS) is 25.0. The number of benzene rings is 1. The summed E-state index contributed by atoms with van der Waals surface area (Å²) in [7, 11) is 0. The minimum atomic E-state index is -2.77. The van der Waals surface area contributed by atoms with E-state index in [0.29, 0.717) is 5.25 Å². The molecular formula is C11H13F2NOS. The van der Waals surface area contributed by atoms with Gasteiger partial charge in [0.1, 0.15) is 5.75 Å². The Morgan fingerprint density at radius 1 is 1.44 bits per heavy atom. The maximum absolute atomic E-state index is 12.2. The number of thioether (sulfide) groups is 1. The minimum absolute atomic E-state index is 0.0462. The molecule has 0 radical (unpaired) electrons. The average Bonchev–Trinajstić information content (AvgIpc) is 2.65. The standard InChI is InChI=1S/C11H13F2NOS/c1-7-6-14-10(16-7)8-4-2-3-5-9(8)15-11(12)13/h2-5,7,10-11,14H,6H2,1H3. The zero-order chi connectivity index (χ0) is 11.5. The second-order valence-electron chi connectivity index (χ2n) is 3.65. The molecule has 1 aromatic carbocycles. The summed E-state index contributed by atoms with van der Waals surface area (Å²) < 4.78 is 28.9. The predicted molar refractivity (Wildman–Crippen MR) is 60.9 cm³/mol. The third-order valence-electron chi connectivity index (χ3n) is 2.38. The molecule has 1 aliphatic rings. The highest BCUT2D eigenvalue weighted by molar-refractivity contribution is 8.00. The molecule has 1 aliphatic heterocycles. The van der Waals surface area contributed by atoms with E-state index in [0.717, 1.165) is 12.1 Å². The Balaban J connectivity index is 2.19. The molecule has 2 nitrogen and oxygen atoms in total. The molecule has 88 valence electrons. The first-order valence-corrected chi connectivity index (χ1v) is 6.03. The zero-order valence-electron chi connectivity index (χ0n) is 8.82. The Labute approximate surface area is 97.4 Å². The fourth-order valence-electron chi connectivity index (χ4n) is 1.69. The molecule has 1 fully saturated rings. The van der Waals surface area contributed by atoms with Gasteiger partial charge in [0.25, 0.3) is 0 Å². The summed E-state index contributed by atoms with van der Waals surface area (Å²) in [6.07, 6.45) is 0. The zero-order valence-corrected chi connectivity index (χ0v) is 9.64. The van der Waals surface area contributed by atoms with Gasteiger partial charge >= 0.3 is 6.61 Å². The van der Waals surface area contributed by atoms with Crippen LogP contribution in [0.15, 0.2) is 24.3 Å². The van der Waals surface area contributed by atoms with Crippen molar-refractivity contribution >= 4 is 11.8 Å². The number of nitrogens with one attached hydrogen (secondary N) is 1. The van der Waals surface area contributed by atoms with Crippen molar-refractivity contribution in [3.05, 3.63) is 29.8 Å². The van der Waals surface area contributed by atoms with Gasteiger partial charge in [-0.15, -0.1) is 11.8 Å². The molecule has 0 bridgehead atoms. The third-order valence-corrected chi connectivity index (χ3v) is 3.70. The molecule has 2 atom stereocenters. The number of halogens is 2. The highest BCUT2D eigenvalue weighted by Crippen LogP contribution is 2.39. The van der Waals surface area contributed by atoms with Crippen molar-refractivity contribution < 1.29 is 13.5 Å². The van der Waals surface area contributed by atoms with E-state index in [1.807, 2.05) is 12.1 Å². The topological polar surface area (TPSA) is 21.3 Å². The summed E-state index contributed by atoms with van der Waals surface area (Å²) in [6, 6.07) is 6.93. The average molecular weight is 245 g/mol. The largest absolute Gasteiger partial charge is 0.434 e. The summed E-state index contributed by atoms with van der Waals surface area (Å²) in [5.74, 6) is 0.261. The summed E-state index contributed by atoms with van der Waals surface area (Å²) in [5, 5.41) is 3.81. The van der Waals surface area contributed by atoms with Crippen molar-refractivity contribution in [1.29, 1.82) is 0 Å². The molecule has 1 N–H and O–H groups in total. The number of para-hydroxylation sites is 1. The molecule has 2 unspecified atom stereocenters. The third kappa shape index (κ3) is 2.65. The van der Waals surface area contributed by atoms with E-state index in [1.54, 1.807) is 23.9 Å². The van der Waals surface area contributed by atoms with Gasteiger partial charge in [-0.25, -0.2) is 0 Å². The van der Waals surface area contributed by atoms with E-state index in [1.165, 1.54) is 0 Å². The Hall–Kier alpha value is -0.810. The van der Waals surface area contributed by atoms with Crippen molar-refractivity contribution in [3.63, 3.8) is 0 Å². The minimum Gasteiger partial charge on any atom is -0.434 e. The van der Waals surface area contributed by atoms with Crippen LogP contribution in [0.3, 0.4) is 0 Å². The lowest BCUT2D eigenvalue weighted by molar-refractivity contribution is -0.0505. The van der Waals surface area contributed by atoms with Crippen LogP contribution in [0.1, 0.15) is 17.9 Å². The van der Waals surface area contributed by atoms with Gasteiger partial charge in [0.15, 0.2) is 0 Å². The molecule has 1 aromatic rings. The van der Waals surface area contributed by atoms with Crippen LogP contribution >= 0.6 is 11.8 Å². The lowest BCUT2D eigenvalue weighted by atomic mass is 10.2. The van der Waals surface area contributed by atoms with Crippen LogP contribution < -0.4 is 10.1 Å². The smallest absolute Gasteiger partial charge is 0.387 e. The van der Waals surface area contributed by atoms with Crippen LogP contribution in [0.2, 0.25) is 0 Å². The number of ether oxygens (including phenoxy) is 1. The highest BCUT2D eigenvalue weighted by Gasteiger charge is 2.25. The quantitative estimate of drug-likeness (QED) is 0.884. The number of hydrogen-bond donors (Lipinski definition) is 1. The second kappa shape index (κ2) is 5.01. The van der Waals surface area contributed by atoms with Crippen molar-refractivity contribution in [1.82, 2.24) is 5.32 Å². The van der Waals surface area contributed by atoms with E-state index in [2.05, 4.69) is 17.0 Å². The van der Waals surface area contributed by atoms with Crippen LogP contribution in [-0.2, 0) is 0 Å². The molecule has 0 aromatic heterocycles. The summed E-state index contributed by atoms with van der Waals surface area (Å²) in [4.78, 5) is 0. The maximum Gasteiger partial charge on any atom is 0.387 e. The Kier molecular flexibility index (Phi) is 3.66. The van der Waals surface area contributed by atoms with Gasteiger partial charge in [-0.1, -0.05) is 25.1 Å². The molecule has 0 amide bonds. The van der Waals surface area contributed by atoms with E-state index in [9.17, 15) is 8.78 Å². The first-order valence-electron chi connectivity index (χ1n) is 5.09. The van der Waals surface area contributed by atoms with Crippen molar-refractivity contribution in [2.75, 3.05) is 6.54 Å². The van der Waals surface area contributed by atoms with Crippen LogP contribution in [-0.4, -0.2) is 18.4 Å². The molecule has 16 heavy (non-hydrogen) atoms. The molecule has 1 heterocycles. The van der Waals surface area contributed by atoms with Crippen molar-refractivity contribution in [2.45, 2.75) is 24.2 Å². The Bertz CT molecular complexity index is 362. The van der Waals surface area contributed by atoms with Gasteiger partial charge in [-0.05, 0) is 6.07 Å². The maximum atomic E-state index is 12.2. The highest BCUT2D eigenvalue weighted by atomic mass is 32.2.